The molecular formula is C25H28F6N2O. The van der Waals surface area contributed by atoms with Gasteiger partial charge in [-0.05, 0) is 48.6 Å². The van der Waals surface area contributed by atoms with Crippen LogP contribution in [0.2, 0.25) is 0 Å². The lowest BCUT2D eigenvalue weighted by atomic mass is 9.88. The molecular weight excluding hydrogens is 458 g/mol. The summed E-state index contributed by atoms with van der Waals surface area (Å²) >= 11 is 0. The molecule has 0 spiro atoms. The number of aliphatic hydroxyl groups is 1. The van der Waals surface area contributed by atoms with Crippen LogP contribution in [-0.2, 0) is 6.18 Å². The number of fused-ring (bicyclic) bond motifs is 1. The topological polar surface area (TPSA) is 26.7 Å². The minimum atomic E-state index is -4.84. The SMILES string of the molecule is OC(CN1c2ccccc2N(CC2CCCCC2)CC1c1cccc(C(F)(F)F)c1)C(F)(F)F. The smallest absolute Gasteiger partial charge is 0.382 e. The van der Waals surface area contributed by atoms with Crippen LogP contribution < -0.4 is 9.80 Å². The van der Waals surface area contributed by atoms with Gasteiger partial charge in [-0.2, -0.15) is 26.3 Å². The van der Waals surface area contributed by atoms with Crippen LogP contribution >= 0.6 is 0 Å². The highest BCUT2D eigenvalue weighted by Crippen LogP contribution is 2.43. The van der Waals surface area contributed by atoms with Crippen molar-refractivity contribution in [3.05, 3.63) is 59.7 Å². The van der Waals surface area contributed by atoms with E-state index in [2.05, 4.69) is 4.90 Å². The van der Waals surface area contributed by atoms with Gasteiger partial charge in [-0.3, -0.25) is 0 Å². The third-order valence-corrected chi connectivity index (χ3v) is 6.85. The Morgan fingerprint density at radius 3 is 2.21 bits per heavy atom. The maximum atomic E-state index is 13.4. The monoisotopic (exact) mass is 486 g/mol. The number of halogens is 6. The number of rotatable bonds is 5. The first-order valence-corrected chi connectivity index (χ1v) is 11.6. The van der Waals surface area contributed by atoms with E-state index in [4.69, 9.17) is 0 Å². The predicted octanol–water partition coefficient (Wildman–Crippen LogP) is 6.58. The molecule has 0 saturated heterocycles. The molecule has 2 aromatic carbocycles. The number of aliphatic hydroxyl groups excluding tert-OH is 1. The average Bonchev–Trinajstić information content (AvgIpc) is 2.80. The van der Waals surface area contributed by atoms with Gasteiger partial charge in [0.2, 0.25) is 0 Å². The van der Waals surface area contributed by atoms with E-state index in [0.29, 0.717) is 18.2 Å². The van der Waals surface area contributed by atoms with Crippen LogP contribution in [0.3, 0.4) is 0 Å². The fourth-order valence-electron chi connectivity index (χ4n) is 5.13. The third kappa shape index (κ3) is 5.45. The zero-order chi connectivity index (χ0) is 24.5. The Bertz CT molecular complexity index is 970. The Labute approximate surface area is 195 Å². The maximum Gasteiger partial charge on any atom is 0.416 e. The van der Waals surface area contributed by atoms with Gasteiger partial charge in [-0.15, -0.1) is 0 Å². The molecule has 1 aliphatic carbocycles. The van der Waals surface area contributed by atoms with Gasteiger partial charge in [0.05, 0.1) is 29.5 Å². The second kappa shape index (κ2) is 9.68. The minimum Gasteiger partial charge on any atom is -0.382 e. The van der Waals surface area contributed by atoms with Crippen molar-refractivity contribution in [1.82, 2.24) is 0 Å². The van der Waals surface area contributed by atoms with Crippen molar-refractivity contribution in [2.24, 2.45) is 5.92 Å². The molecule has 1 heterocycles. The molecule has 9 heteroatoms. The second-order valence-corrected chi connectivity index (χ2v) is 9.25. The zero-order valence-corrected chi connectivity index (χ0v) is 18.6. The van der Waals surface area contributed by atoms with Crippen molar-refractivity contribution >= 4 is 11.4 Å². The van der Waals surface area contributed by atoms with Crippen LogP contribution in [0.5, 0.6) is 0 Å². The van der Waals surface area contributed by atoms with E-state index in [0.717, 1.165) is 43.5 Å². The lowest BCUT2D eigenvalue weighted by Gasteiger charge is -2.47. The standard InChI is InChI=1S/C25H28F6N2O/c26-24(27,28)19-10-6-9-18(13-19)22-15-32(14-17-7-2-1-3-8-17)20-11-4-5-12-21(20)33(22)16-23(34)25(29,30)31/h4-6,9-13,17,22-23,34H,1-3,7-8,14-16H2. The summed E-state index contributed by atoms with van der Waals surface area (Å²) in [6.45, 7) is 0.167. The third-order valence-electron chi connectivity index (χ3n) is 6.85. The average molecular weight is 486 g/mol. The van der Waals surface area contributed by atoms with E-state index in [1.165, 1.54) is 23.5 Å². The van der Waals surface area contributed by atoms with Crippen molar-refractivity contribution < 1.29 is 31.4 Å². The van der Waals surface area contributed by atoms with E-state index in [1.54, 1.807) is 18.2 Å². The van der Waals surface area contributed by atoms with Gasteiger partial charge in [0.15, 0.2) is 6.10 Å². The van der Waals surface area contributed by atoms with E-state index >= 15 is 0 Å². The minimum absolute atomic E-state index is 0.236. The molecule has 186 valence electrons. The summed E-state index contributed by atoms with van der Waals surface area (Å²) in [5, 5.41) is 9.88. The Hall–Kier alpha value is -2.42. The fraction of sp³-hybridized carbons (Fsp3) is 0.520. The van der Waals surface area contributed by atoms with Crippen LogP contribution in [-0.4, -0.2) is 37.0 Å². The van der Waals surface area contributed by atoms with Crippen LogP contribution in [0, 0.1) is 5.92 Å². The van der Waals surface area contributed by atoms with Gasteiger partial charge < -0.3 is 14.9 Å². The van der Waals surface area contributed by atoms with Crippen LogP contribution in [0.15, 0.2) is 48.5 Å². The van der Waals surface area contributed by atoms with Gasteiger partial charge in [0.25, 0.3) is 0 Å². The number of β-amino-alcohol motifs (C(OH)–C–C–N with tert-alkyl or cyclic N) is 1. The molecule has 2 aromatic rings. The highest BCUT2D eigenvalue weighted by atomic mass is 19.4. The molecule has 2 aliphatic rings. The zero-order valence-electron chi connectivity index (χ0n) is 18.6. The molecule has 1 N–H and O–H groups in total. The number of nitrogens with zero attached hydrogens (tertiary/aromatic N) is 2. The number of para-hydroxylation sites is 2. The summed E-state index contributed by atoms with van der Waals surface area (Å²) < 4.78 is 80.1. The first-order chi connectivity index (χ1) is 16.0. The lowest BCUT2D eigenvalue weighted by molar-refractivity contribution is -0.200. The van der Waals surface area contributed by atoms with Crippen molar-refractivity contribution in [1.29, 1.82) is 0 Å². The van der Waals surface area contributed by atoms with Gasteiger partial charge in [0.1, 0.15) is 0 Å². The number of benzene rings is 2. The van der Waals surface area contributed by atoms with E-state index in [1.807, 2.05) is 6.07 Å². The molecule has 2 unspecified atom stereocenters. The largest absolute Gasteiger partial charge is 0.416 e. The molecule has 1 fully saturated rings. The summed E-state index contributed by atoms with van der Waals surface area (Å²) in [5.74, 6) is 0.427. The fourth-order valence-corrected chi connectivity index (χ4v) is 5.13. The Kier molecular flexibility index (Phi) is 7.03. The molecule has 0 amide bonds. The van der Waals surface area contributed by atoms with Crippen molar-refractivity contribution in [2.45, 2.75) is 56.6 Å². The summed E-state index contributed by atoms with van der Waals surface area (Å²) in [7, 11) is 0. The quantitative estimate of drug-likeness (QED) is 0.484. The highest BCUT2D eigenvalue weighted by Gasteiger charge is 2.43. The molecule has 34 heavy (non-hydrogen) atoms. The van der Waals surface area contributed by atoms with E-state index in [9.17, 15) is 31.4 Å². The van der Waals surface area contributed by atoms with Crippen LogP contribution in [0.25, 0.3) is 0 Å². The molecule has 4 rings (SSSR count). The molecule has 0 bridgehead atoms. The van der Waals surface area contributed by atoms with Gasteiger partial charge in [0, 0.05) is 13.1 Å². The number of hydrogen-bond acceptors (Lipinski definition) is 3. The molecule has 1 aliphatic heterocycles. The van der Waals surface area contributed by atoms with Crippen molar-refractivity contribution in [3.63, 3.8) is 0 Å². The Balaban J connectivity index is 1.74. The number of hydrogen-bond donors (Lipinski definition) is 1. The second-order valence-electron chi connectivity index (χ2n) is 9.25. The van der Waals surface area contributed by atoms with Crippen molar-refractivity contribution in [3.8, 4) is 0 Å². The molecule has 1 saturated carbocycles. The van der Waals surface area contributed by atoms with Crippen molar-refractivity contribution in [2.75, 3.05) is 29.4 Å². The van der Waals surface area contributed by atoms with E-state index < -0.39 is 36.6 Å². The van der Waals surface area contributed by atoms with Gasteiger partial charge in [-0.25, -0.2) is 0 Å². The van der Waals surface area contributed by atoms with Gasteiger partial charge >= 0.3 is 12.4 Å². The van der Waals surface area contributed by atoms with Crippen LogP contribution in [0.1, 0.15) is 49.3 Å². The van der Waals surface area contributed by atoms with Crippen LogP contribution in [0.4, 0.5) is 37.7 Å². The van der Waals surface area contributed by atoms with E-state index in [-0.39, 0.29) is 12.1 Å². The summed E-state index contributed by atoms with van der Waals surface area (Å²) in [6, 6.07) is 11.0. The molecule has 0 radical (unpaired) electrons. The number of anilines is 2. The normalized spacial score (nSPS) is 20.9. The summed E-state index contributed by atoms with van der Waals surface area (Å²) in [6.07, 6.45) is -6.48. The first kappa shape index (κ1) is 24.7. The maximum absolute atomic E-state index is 13.4. The first-order valence-electron chi connectivity index (χ1n) is 11.6. The molecule has 2 atom stereocenters. The summed E-state index contributed by atoms with van der Waals surface area (Å²) in [4.78, 5) is 3.49. The molecule has 0 aromatic heterocycles. The predicted molar refractivity (Wildman–Crippen MR) is 119 cm³/mol. The molecule has 3 nitrogen and oxygen atoms in total. The number of alkyl halides is 6. The Morgan fingerprint density at radius 1 is 0.882 bits per heavy atom. The Morgan fingerprint density at radius 2 is 1.56 bits per heavy atom. The lowest BCUT2D eigenvalue weighted by Crippen LogP contribution is -2.50. The summed E-state index contributed by atoms with van der Waals surface area (Å²) in [5.41, 5.74) is 0.646. The van der Waals surface area contributed by atoms with Gasteiger partial charge in [-0.1, -0.05) is 43.5 Å². The highest BCUT2D eigenvalue weighted by molar-refractivity contribution is 5.74.